The van der Waals surface area contributed by atoms with Crippen LogP contribution in [-0.2, 0) is 0 Å². The minimum atomic E-state index is -0.354. The number of likely N-dealkylation sites (tertiary alicyclic amines) is 1. The van der Waals surface area contributed by atoms with E-state index in [9.17, 15) is 5.11 Å². The van der Waals surface area contributed by atoms with Gasteiger partial charge in [-0.1, -0.05) is 26.2 Å². The topological polar surface area (TPSA) is 23.5 Å². The van der Waals surface area contributed by atoms with Gasteiger partial charge in [-0.2, -0.15) is 0 Å². The van der Waals surface area contributed by atoms with Gasteiger partial charge < -0.3 is 10.0 Å². The fourth-order valence-electron chi connectivity index (χ4n) is 3.54. The Hall–Kier alpha value is -0.0800. The van der Waals surface area contributed by atoms with Crippen molar-refractivity contribution in [2.24, 2.45) is 11.8 Å². The first-order chi connectivity index (χ1) is 7.13. The summed E-state index contributed by atoms with van der Waals surface area (Å²) in [4.78, 5) is 2.35. The molecule has 0 amide bonds. The zero-order valence-electron chi connectivity index (χ0n) is 10.2. The van der Waals surface area contributed by atoms with E-state index in [1.165, 1.54) is 32.1 Å². The predicted molar refractivity (Wildman–Crippen MR) is 62.8 cm³/mol. The molecule has 15 heavy (non-hydrogen) atoms. The van der Waals surface area contributed by atoms with Crippen molar-refractivity contribution in [1.82, 2.24) is 4.90 Å². The molecule has 0 aromatic carbocycles. The van der Waals surface area contributed by atoms with Crippen LogP contribution >= 0.6 is 0 Å². The van der Waals surface area contributed by atoms with E-state index in [-0.39, 0.29) is 5.60 Å². The largest absolute Gasteiger partial charge is 0.389 e. The zero-order chi connectivity index (χ0) is 10.9. The van der Waals surface area contributed by atoms with Gasteiger partial charge in [0.1, 0.15) is 0 Å². The third-order valence-electron chi connectivity index (χ3n) is 4.65. The lowest BCUT2D eigenvalue weighted by atomic mass is 9.68. The third kappa shape index (κ3) is 2.21. The molecule has 0 radical (unpaired) electrons. The first-order valence-corrected chi connectivity index (χ1v) is 6.54. The average Bonchev–Trinajstić information content (AvgIpc) is 2.25. The lowest BCUT2D eigenvalue weighted by Gasteiger charge is -2.48. The van der Waals surface area contributed by atoms with Crippen LogP contribution in [0.15, 0.2) is 0 Å². The minimum Gasteiger partial charge on any atom is -0.389 e. The highest BCUT2D eigenvalue weighted by Crippen LogP contribution is 2.41. The maximum atomic E-state index is 10.9. The second kappa shape index (κ2) is 4.42. The molecule has 2 atom stereocenters. The van der Waals surface area contributed by atoms with Gasteiger partial charge in [0.05, 0.1) is 5.60 Å². The quantitative estimate of drug-likeness (QED) is 0.719. The molecule has 0 aromatic rings. The highest BCUT2D eigenvalue weighted by atomic mass is 16.3. The Morgan fingerprint density at radius 3 is 2.47 bits per heavy atom. The Morgan fingerprint density at radius 1 is 1.20 bits per heavy atom. The van der Waals surface area contributed by atoms with Gasteiger partial charge in [-0.3, -0.25) is 0 Å². The SMILES string of the molecule is CC1CN(C)CCC1(O)C1CCCCC1. The third-order valence-corrected chi connectivity index (χ3v) is 4.65. The maximum Gasteiger partial charge on any atom is 0.0725 e. The highest BCUT2D eigenvalue weighted by Gasteiger charge is 2.44. The maximum absolute atomic E-state index is 10.9. The Bertz CT molecular complexity index is 213. The summed E-state index contributed by atoms with van der Waals surface area (Å²) in [6.07, 6.45) is 7.52. The van der Waals surface area contributed by atoms with Gasteiger partial charge in [0.15, 0.2) is 0 Å². The van der Waals surface area contributed by atoms with Crippen molar-refractivity contribution < 1.29 is 5.11 Å². The molecule has 88 valence electrons. The van der Waals surface area contributed by atoms with Crippen molar-refractivity contribution in [2.75, 3.05) is 20.1 Å². The van der Waals surface area contributed by atoms with Crippen LogP contribution in [0.2, 0.25) is 0 Å². The summed E-state index contributed by atoms with van der Waals surface area (Å²) in [6, 6.07) is 0. The fraction of sp³-hybridized carbons (Fsp3) is 1.00. The smallest absolute Gasteiger partial charge is 0.0725 e. The number of piperidine rings is 1. The van der Waals surface area contributed by atoms with Gasteiger partial charge >= 0.3 is 0 Å². The lowest BCUT2D eigenvalue weighted by Crippen LogP contribution is -2.54. The van der Waals surface area contributed by atoms with E-state index in [0.29, 0.717) is 11.8 Å². The minimum absolute atomic E-state index is 0.354. The van der Waals surface area contributed by atoms with E-state index in [2.05, 4.69) is 18.9 Å². The zero-order valence-corrected chi connectivity index (χ0v) is 10.2. The fourth-order valence-corrected chi connectivity index (χ4v) is 3.54. The Labute approximate surface area is 93.7 Å². The standard InChI is InChI=1S/C13H25NO/c1-11-10-14(2)9-8-13(11,15)12-6-4-3-5-7-12/h11-12,15H,3-10H2,1-2H3. The first-order valence-electron chi connectivity index (χ1n) is 6.54. The van der Waals surface area contributed by atoms with Gasteiger partial charge in [-0.25, -0.2) is 0 Å². The van der Waals surface area contributed by atoms with Crippen LogP contribution in [-0.4, -0.2) is 35.7 Å². The summed E-state index contributed by atoms with van der Waals surface area (Å²) in [5.74, 6) is 1.02. The molecule has 1 saturated heterocycles. The Morgan fingerprint density at radius 2 is 1.87 bits per heavy atom. The summed E-state index contributed by atoms with van der Waals surface area (Å²) in [7, 11) is 2.16. The van der Waals surface area contributed by atoms with Crippen LogP contribution in [0.25, 0.3) is 0 Å². The Kier molecular flexibility index (Phi) is 3.36. The van der Waals surface area contributed by atoms with Crippen molar-refractivity contribution >= 4 is 0 Å². The lowest BCUT2D eigenvalue weighted by molar-refractivity contribution is -0.112. The van der Waals surface area contributed by atoms with E-state index in [1.54, 1.807) is 0 Å². The van der Waals surface area contributed by atoms with Gasteiger partial charge in [0.2, 0.25) is 0 Å². The van der Waals surface area contributed by atoms with Gasteiger partial charge in [0, 0.05) is 13.1 Å². The number of aliphatic hydroxyl groups is 1. The van der Waals surface area contributed by atoms with Crippen molar-refractivity contribution in [2.45, 2.75) is 51.0 Å². The molecular formula is C13H25NO. The van der Waals surface area contributed by atoms with Crippen molar-refractivity contribution in [1.29, 1.82) is 0 Å². The molecule has 2 rings (SSSR count). The molecule has 1 saturated carbocycles. The normalized spacial score (nSPS) is 40.6. The summed E-state index contributed by atoms with van der Waals surface area (Å²) in [6.45, 7) is 4.36. The average molecular weight is 211 g/mol. The summed E-state index contributed by atoms with van der Waals surface area (Å²) in [5, 5.41) is 10.9. The van der Waals surface area contributed by atoms with E-state index in [1.807, 2.05) is 0 Å². The van der Waals surface area contributed by atoms with Crippen molar-refractivity contribution in [3.05, 3.63) is 0 Å². The van der Waals surface area contributed by atoms with Crippen LogP contribution < -0.4 is 0 Å². The van der Waals surface area contributed by atoms with Gasteiger partial charge in [0.25, 0.3) is 0 Å². The predicted octanol–water partition coefficient (Wildman–Crippen LogP) is 2.27. The summed E-state index contributed by atoms with van der Waals surface area (Å²) < 4.78 is 0. The second-order valence-corrected chi connectivity index (χ2v) is 5.74. The molecule has 1 aliphatic heterocycles. The number of nitrogens with zero attached hydrogens (tertiary/aromatic N) is 1. The van der Waals surface area contributed by atoms with Gasteiger partial charge in [-0.05, 0) is 38.1 Å². The van der Waals surface area contributed by atoms with Crippen LogP contribution in [0.4, 0.5) is 0 Å². The molecule has 1 heterocycles. The molecule has 1 aliphatic carbocycles. The van der Waals surface area contributed by atoms with Crippen LogP contribution in [0.5, 0.6) is 0 Å². The molecule has 2 aliphatic rings. The highest BCUT2D eigenvalue weighted by molar-refractivity contribution is 4.96. The van der Waals surface area contributed by atoms with Crippen molar-refractivity contribution in [3.63, 3.8) is 0 Å². The number of rotatable bonds is 1. The second-order valence-electron chi connectivity index (χ2n) is 5.74. The Balaban J connectivity index is 2.03. The van der Waals surface area contributed by atoms with E-state index in [4.69, 9.17) is 0 Å². The molecule has 0 aromatic heterocycles. The number of hydrogen-bond donors (Lipinski definition) is 1. The molecule has 2 heteroatoms. The molecule has 2 unspecified atom stereocenters. The van der Waals surface area contributed by atoms with Gasteiger partial charge in [-0.15, -0.1) is 0 Å². The van der Waals surface area contributed by atoms with E-state index >= 15 is 0 Å². The summed E-state index contributed by atoms with van der Waals surface area (Å²) in [5.41, 5.74) is -0.354. The molecule has 2 fully saturated rings. The monoisotopic (exact) mass is 211 g/mol. The molecule has 0 bridgehead atoms. The van der Waals surface area contributed by atoms with Crippen molar-refractivity contribution in [3.8, 4) is 0 Å². The molecule has 2 nitrogen and oxygen atoms in total. The summed E-state index contributed by atoms with van der Waals surface area (Å²) >= 11 is 0. The molecular weight excluding hydrogens is 186 g/mol. The van der Waals surface area contributed by atoms with E-state index < -0.39 is 0 Å². The number of hydrogen-bond acceptors (Lipinski definition) is 2. The van der Waals surface area contributed by atoms with Crippen LogP contribution in [0, 0.1) is 11.8 Å². The molecule has 0 spiro atoms. The van der Waals surface area contributed by atoms with E-state index in [0.717, 1.165) is 19.5 Å². The van der Waals surface area contributed by atoms with Crippen LogP contribution in [0.3, 0.4) is 0 Å². The molecule has 1 N–H and O–H groups in total. The van der Waals surface area contributed by atoms with Crippen LogP contribution in [0.1, 0.15) is 45.4 Å². The first kappa shape index (κ1) is 11.4.